The van der Waals surface area contributed by atoms with E-state index in [2.05, 4.69) is 39.2 Å². The lowest BCUT2D eigenvalue weighted by Crippen LogP contribution is -2.35. The number of unbranched alkanes of at least 4 members (excludes halogenated alkanes) is 1. The van der Waals surface area contributed by atoms with E-state index in [0.29, 0.717) is 23.0 Å². The van der Waals surface area contributed by atoms with Gasteiger partial charge in [-0.3, -0.25) is 4.79 Å². The summed E-state index contributed by atoms with van der Waals surface area (Å²) >= 11 is 1.29. The summed E-state index contributed by atoms with van der Waals surface area (Å²) in [4.78, 5) is 23.4. The number of aromatic nitrogens is 5. The average Bonchev–Trinajstić information content (AvgIpc) is 3.60. The fourth-order valence-electron chi connectivity index (χ4n) is 4.81. The third-order valence-corrected chi connectivity index (χ3v) is 7.77. The Kier molecular flexibility index (Phi) is 6.83. The number of benzene rings is 1. The van der Waals surface area contributed by atoms with E-state index in [0.717, 1.165) is 35.8 Å². The van der Waals surface area contributed by atoms with Crippen molar-refractivity contribution in [3.63, 3.8) is 0 Å². The van der Waals surface area contributed by atoms with E-state index in [1.807, 2.05) is 23.2 Å². The Bertz CT molecular complexity index is 1360. The minimum Gasteiger partial charge on any atom is -0.361 e. The van der Waals surface area contributed by atoms with Crippen molar-refractivity contribution < 1.29 is 18.0 Å². The molecule has 7 nitrogen and oxygen atoms in total. The molecule has 1 atom stereocenters. The van der Waals surface area contributed by atoms with E-state index in [-0.39, 0.29) is 30.6 Å². The van der Waals surface area contributed by atoms with Gasteiger partial charge < -0.3 is 14.5 Å². The molecule has 190 valence electrons. The smallest absolute Gasteiger partial charge is 0.361 e. The Hall–Kier alpha value is -3.21. The molecular weight excluding hydrogens is 489 g/mol. The minimum atomic E-state index is -4.53. The molecule has 1 N–H and O–H groups in total. The van der Waals surface area contributed by atoms with Crippen LogP contribution in [0.5, 0.6) is 0 Å². The van der Waals surface area contributed by atoms with E-state index in [4.69, 9.17) is 0 Å². The van der Waals surface area contributed by atoms with Gasteiger partial charge in [0, 0.05) is 36.6 Å². The molecular formula is C25H27F3N6OS. The molecule has 4 heterocycles. The lowest BCUT2D eigenvalue weighted by molar-refractivity contribution is -0.147. The quantitative estimate of drug-likeness (QED) is 0.281. The Morgan fingerprint density at radius 2 is 2.06 bits per heavy atom. The van der Waals surface area contributed by atoms with Gasteiger partial charge in [-0.15, -0.1) is 10.2 Å². The third kappa shape index (κ3) is 5.02. The highest BCUT2D eigenvalue weighted by atomic mass is 32.1. The number of nitrogens with zero attached hydrogens (tertiary/aromatic N) is 5. The zero-order valence-corrected chi connectivity index (χ0v) is 20.7. The van der Waals surface area contributed by atoms with Gasteiger partial charge in [0.1, 0.15) is 0 Å². The molecule has 0 bridgehead atoms. The number of para-hydroxylation sites is 1. The number of ketones is 1. The van der Waals surface area contributed by atoms with Crippen LogP contribution >= 0.6 is 11.3 Å². The number of aromatic amines is 1. The highest BCUT2D eigenvalue weighted by molar-refractivity contribution is 7.17. The maximum atomic E-state index is 13.2. The fourth-order valence-corrected chi connectivity index (χ4v) is 5.70. The van der Waals surface area contributed by atoms with E-state index < -0.39 is 12.0 Å². The van der Waals surface area contributed by atoms with Gasteiger partial charge >= 0.3 is 6.18 Å². The Morgan fingerprint density at radius 1 is 1.22 bits per heavy atom. The summed E-state index contributed by atoms with van der Waals surface area (Å²) in [6.07, 6.45) is 3.45. The number of anilines is 1. The molecule has 0 aliphatic carbocycles. The molecule has 11 heteroatoms. The van der Waals surface area contributed by atoms with Crippen LogP contribution in [0.4, 0.5) is 18.3 Å². The van der Waals surface area contributed by atoms with Gasteiger partial charge in [0.15, 0.2) is 16.7 Å². The standard InChI is InChI=1S/C25H27F3N6OS/c1-2-3-6-16(11-17-13-29-19-8-5-4-7-18(17)19)12-20(35)21-14-30-24(36-21)33-9-10-34-22(15-33)31-32-23(34)25(26,27)28/h4-5,7-8,13-14,16,29H,2-3,6,9-12,15H2,1H3. The first-order chi connectivity index (χ1) is 17.3. The van der Waals surface area contributed by atoms with Crippen molar-refractivity contribution >= 4 is 33.2 Å². The Balaban J connectivity index is 1.27. The first kappa shape index (κ1) is 24.5. The molecule has 0 radical (unpaired) electrons. The number of Topliss-reactive ketones (excluding diaryl/α,β-unsaturated/α-hetero) is 1. The second-order valence-electron chi connectivity index (χ2n) is 9.22. The molecule has 1 aliphatic heterocycles. The van der Waals surface area contributed by atoms with Crippen molar-refractivity contribution in [3.8, 4) is 0 Å². The molecule has 1 aromatic carbocycles. The molecule has 3 aromatic heterocycles. The van der Waals surface area contributed by atoms with E-state index >= 15 is 0 Å². The van der Waals surface area contributed by atoms with Crippen LogP contribution in [0, 0.1) is 5.92 Å². The lowest BCUT2D eigenvalue weighted by Gasteiger charge is -2.27. The van der Waals surface area contributed by atoms with Gasteiger partial charge in [0.05, 0.1) is 17.6 Å². The average molecular weight is 517 g/mol. The second-order valence-corrected chi connectivity index (χ2v) is 10.2. The van der Waals surface area contributed by atoms with Crippen LogP contribution in [0.15, 0.2) is 36.7 Å². The van der Waals surface area contributed by atoms with Gasteiger partial charge in [-0.1, -0.05) is 49.3 Å². The van der Waals surface area contributed by atoms with E-state index in [1.54, 1.807) is 6.20 Å². The van der Waals surface area contributed by atoms with E-state index in [9.17, 15) is 18.0 Å². The minimum absolute atomic E-state index is 0.0548. The summed E-state index contributed by atoms with van der Waals surface area (Å²) in [5.41, 5.74) is 2.32. The third-order valence-electron chi connectivity index (χ3n) is 6.67. The van der Waals surface area contributed by atoms with Gasteiger partial charge in [-0.25, -0.2) is 4.98 Å². The number of alkyl halides is 3. The first-order valence-corrected chi connectivity index (χ1v) is 12.9. The molecule has 0 amide bonds. The normalized spacial score (nSPS) is 14.8. The van der Waals surface area contributed by atoms with Gasteiger partial charge in [-0.05, 0) is 30.4 Å². The van der Waals surface area contributed by atoms with Crippen LogP contribution in [0.1, 0.15) is 59.5 Å². The van der Waals surface area contributed by atoms with Crippen LogP contribution in [0.25, 0.3) is 10.9 Å². The Labute approximate surface area is 210 Å². The van der Waals surface area contributed by atoms with Crippen molar-refractivity contribution in [1.29, 1.82) is 0 Å². The van der Waals surface area contributed by atoms with E-state index in [1.165, 1.54) is 22.3 Å². The van der Waals surface area contributed by atoms with Crippen molar-refractivity contribution in [2.45, 2.75) is 58.3 Å². The van der Waals surface area contributed by atoms with Crippen molar-refractivity contribution in [2.75, 3.05) is 11.4 Å². The molecule has 0 saturated heterocycles. The number of rotatable bonds is 9. The van der Waals surface area contributed by atoms with Crippen molar-refractivity contribution in [2.24, 2.45) is 5.92 Å². The Morgan fingerprint density at radius 3 is 2.86 bits per heavy atom. The number of carbonyl (C=O) groups is 1. The largest absolute Gasteiger partial charge is 0.451 e. The van der Waals surface area contributed by atoms with Crippen LogP contribution in [-0.4, -0.2) is 37.1 Å². The topological polar surface area (TPSA) is 79.7 Å². The summed E-state index contributed by atoms with van der Waals surface area (Å²) < 4.78 is 40.4. The van der Waals surface area contributed by atoms with Crippen molar-refractivity contribution in [3.05, 3.63) is 58.7 Å². The zero-order chi connectivity index (χ0) is 25.3. The number of fused-ring (bicyclic) bond motifs is 2. The maximum absolute atomic E-state index is 13.2. The SMILES string of the molecule is CCCCC(CC(=O)c1cnc(N2CCn3c(nnc3C(F)(F)F)C2)s1)Cc1c[nH]c2ccccc12. The number of hydrogen-bond acceptors (Lipinski definition) is 6. The highest BCUT2D eigenvalue weighted by Gasteiger charge is 2.39. The first-order valence-electron chi connectivity index (χ1n) is 12.1. The summed E-state index contributed by atoms with van der Waals surface area (Å²) in [5, 5.41) is 8.86. The highest BCUT2D eigenvalue weighted by Crippen LogP contribution is 2.33. The summed E-state index contributed by atoms with van der Waals surface area (Å²) in [6, 6.07) is 8.19. The zero-order valence-electron chi connectivity index (χ0n) is 19.9. The summed E-state index contributed by atoms with van der Waals surface area (Å²) in [7, 11) is 0. The summed E-state index contributed by atoms with van der Waals surface area (Å²) in [5.74, 6) is -0.453. The molecule has 4 aromatic rings. The maximum Gasteiger partial charge on any atom is 0.451 e. The molecule has 0 spiro atoms. The number of halogens is 3. The van der Waals surface area contributed by atoms with Gasteiger partial charge in [-0.2, -0.15) is 13.2 Å². The molecule has 36 heavy (non-hydrogen) atoms. The number of hydrogen-bond donors (Lipinski definition) is 1. The predicted octanol–water partition coefficient (Wildman–Crippen LogP) is 5.88. The molecule has 1 unspecified atom stereocenters. The van der Waals surface area contributed by atoms with Gasteiger partial charge in [0.25, 0.3) is 0 Å². The second kappa shape index (κ2) is 10.0. The molecule has 5 rings (SSSR count). The number of carbonyl (C=O) groups excluding carboxylic acids is 1. The molecule has 0 saturated carbocycles. The summed E-state index contributed by atoms with van der Waals surface area (Å²) in [6.45, 7) is 2.78. The van der Waals surface area contributed by atoms with Crippen LogP contribution in [0.2, 0.25) is 0 Å². The fraction of sp³-hybridized carbons (Fsp3) is 0.440. The lowest BCUT2D eigenvalue weighted by atomic mass is 9.89. The van der Waals surface area contributed by atoms with Gasteiger partial charge in [0.2, 0.25) is 5.82 Å². The van der Waals surface area contributed by atoms with Crippen molar-refractivity contribution in [1.82, 2.24) is 24.7 Å². The molecule has 0 fully saturated rings. The monoisotopic (exact) mass is 516 g/mol. The van der Waals surface area contributed by atoms with Crippen LogP contribution in [0.3, 0.4) is 0 Å². The molecule has 1 aliphatic rings. The number of nitrogens with one attached hydrogen (secondary N) is 1. The van der Waals surface area contributed by atoms with Crippen LogP contribution in [-0.2, 0) is 25.7 Å². The predicted molar refractivity (Wildman–Crippen MR) is 132 cm³/mol. The van der Waals surface area contributed by atoms with Crippen LogP contribution < -0.4 is 4.90 Å². The number of H-pyrrole nitrogens is 1. The number of thiazole rings is 1.